The van der Waals surface area contributed by atoms with Gasteiger partial charge in [0.05, 0.1) is 19.3 Å². The van der Waals surface area contributed by atoms with E-state index in [4.69, 9.17) is 0 Å². The summed E-state index contributed by atoms with van der Waals surface area (Å²) in [7, 11) is 0. The molecule has 0 fully saturated rings. The van der Waals surface area contributed by atoms with Crippen LogP contribution in [-0.2, 0) is 31.5 Å². The Morgan fingerprint density at radius 3 is 0.672 bits per heavy atom. The van der Waals surface area contributed by atoms with Crippen LogP contribution in [0.25, 0.3) is 0 Å². The minimum atomic E-state index is -0.0893. The molecule has 0 aliphatic carbocycles. The summed E-state index contributed by atoms with van der Waals surface area (Å²) in [4.78, 5) is 78.4. The van der Waals surface area contributed by atoms with Crippen molar-refractivity contribution in [3.8, 4) is 0 Å². The second-order valence-electron chi connectivity index (χ2n) is 15.2. The van der Waals surface area contributed by atoms with E-state index < -0.39 is 0 Å². The zero-order valence-corrected chi connectivity index (χ0v) is 39.3. The summed E-state index contributed by atoms with van der Waals surface area (Å²) in [5.74, 6) is -0.391. The van der Waals surface area contributed by atoms with Gasteiger partial charge in [0.15, 0.2) is 17.3 Å². The molecule has 9 nitrogen and oxygen atoms in total. The van der Waals surface area contributed by atoms with E-state index >= 15 is 0 Å². The number of ketones is 3. The van der Waals surface area contributed by atoms with E-state index in [2.05, 4.69) is 41.5 Å². The van der Waals surface area contributed by atoms with Crippen molar-refractivity contribution in [2.24, 2.45) is 0 Å². The first-order valence-corrected chi connectivity index (χ1v) is 22.6. The third kappa shape index (κ3) is 25.2. The molecule has 0 N–H and O–H groups in total. The molecule has 0 saturated carbocycles. The van der Waals surface area contributed by atoms with Gasteiger partial charge in [-0.25, -0.2) is 0 Å². The van der Waals surface area contributed by atoms with E-state index in [1.54, 1.807) is 36.4 Å². The summed E-state index contributed by atoms with van der Waals surface area (Å²) in [5.41, 5.74) is 1.85. The first-order chi connectivity index (χ1) is 29.1. The minimum absolute atomic E-state index is 0. The number of rotatable bonds is 27. The maximum absolute atomic E-state index is 12.2. The number of Topliss-reactive ketones (excluding diaryl/α,β-unsaturated/α-hetero) is 3. The Morgan fingerprint density at radius 1 is 0.328 bits per heavy atom. The Labute approximate surface area is 378 Å². The van der Waals surface area contributed by atoms with Crippen molar-refractivity contribution in [2.75, 3.05) is 39.3 Å². The Kier molecular flexibility index (Phi) is 33.7. The second kappa shape index (κ2) is 36.3. The molecule has 3 aromatic rings. The number of hydrogen-bond acceptors (Lipinski definition) is 6. The zero-order chi connectivity index (χ0) is 44.4. The molecule has 0 unspecified atom stereocenters. The fraction of sp³-hybridized carbons (Fsp3) is 0.529. The van der Waals surface area contributed by atoms with Crippen molar-refractivity contribution >= 4 is 35.1 Å². The maximum Gasteiger partial charge on any atom is 0.230 e. The van der Waals surface area contributed by atoms with Crippen molar-refractivity contribution in [3.05, 3.63) is 108 Å². The first-order valence-electron chi connectivity index (χ1n) is 22.6. The molecule has 0 radical (unpaired) electrons. The van der Waals surface area contributed by atoms with E-state index in [1.807, 2.05) is 69.3 Å². The van der Waals surface area contributed by atoms with Crippen LogP contribution in [0.4, 0.5) is 0 Å². The fourth-order valence-corrected chi connectivity index (χ4v) is 6.10. The van der Waals surface area contributed by atoms with Gasteiger partial charge in [0, 0.05) is 73.0 Å². The number of benzene rings is 3. The van der Waals surface area contributed by atoms with Gasteiger partial charge in [-0.05, 0) is 38.5 Å². The molecule has 0 aliphatic heterocycles. The first kappa shape index (κ1) is 56.6. The maximum atomic E-state index is 12.2. The Morgan fingerprint density at radius 2 is 0.508 bits per heavy atom. The zero-order valence-electron chi connectivity index (χ0n) is 38.2. The predicted octanol–water partition coefficient (Wildman–Crippen LogP) is 11.1. The summed E-state index contributed by atoms with van der Waals surface area (Å²) >= 11 is 0. The standard InChI is InChI=1S/3C17H25NO2.Fe/c3*1-3-5-12-18(13-6-4-2)17(20)14-16(19)15-10-8-7-9-11-15;/h3*7-11H,3-6,12-14H2,1-2H3;. The number of carbonyl (C=O) groups excluding carboxylic acids is 6. The summed E-state index contributed by atoms with van der Waals surface area (Å²) < 4.78 is 0. The van der Waals surface area contributed by atoms with Crippen molar-refractivity contribution in [3.63, 3.8) is 0 Å². The van der Waals surface area contributed by atoms with Crippen LogP contribution in [0.5, 0.6) is 0 Å². The quantitative estimate of drug-likeness (QED) is 0.0428. The monoisotopic (exact) mass is 882 g/mol. The van der Waals surface area contributed by atoms with Gasteiger partial charge < -0.3 is 14.7 Å². The second-order valence-corrected chi connectivity index (χ2v) is 15.2. The number of carbonyl (C=O) groups is 6. The van der Waals surface area contributed by atoms with Crippen LogP contribution in [0.2, 0.25) is 0 Å². The van der Waals surface area contributed by atoms with E-state index in [0.717, 1.165) is 116 Å². The minimum Gasteiger partial charge on any atom is -0.342 e. The van der Waals surface area contributed by atoms with Gasteiger partial charge in [-0.2, -0.15) is 0 Å². The molecule has 0 aromatic heterocycles. The summed E-state index contributed by atoms with van der Waals surface area (Å²) in [6.07, 6.45) is 12.3. The van der Waals surface area contributed by atoms with Gasteiger partial charge >= 0.3 is 0 Å². The molecule has 3 rings (SSSR count). The molecule has 0 saturated heterocycles. The molecule has 0 bridgehead atoms. The smallest absolute Gasteiger partial charge is 0.230 e. The Bertz CT molecular complexity index is 1420. The molecule has 3 amide bonds. The van der Waals surface area contributed by atoms with E-state index in [0.29, 0.717) is 16.7 Å². The van der Waals surface area contributed by atoms with Crippen molar-refractivity contribution < 1.29 is 45.8 Å². The van der Waals surface area contributed by atoms with E-state index in [1.165, 1.54) is 0 Å². The molecule has 0 aliphatic rings. The Hall–Kier alpha value is -4.40. The van der Waals surface area contributed by atoms with Crippen LogP contribution >= 0.6 is 0 Å². The molecule has 61 heavy (non-hydrogen) atoms. The molecular weight excluding hydrogens is 806 g/mol. The Balaban J connectivity index is 0.000000878. The van der Waals surface area contributed by atoms with Gasteiger partial charge in [0.2, 0.25) is 17.7 Å². The van der Waals surface area contributed by atoms with Crippen molar-refractivity contribution in [2.45, 2.75) is 138 Å². The number of nitrogens with zero attached hydrogens (tertiary/aromatic N) is 3. The normalized spacial score (nSPS) is 10.1. The van der Waals surface area contributed by atoms with Crippen LogP contribution in [0.1, 0.15) is 169 Å². The summed E-state index contributed by atoms with van der Waals surface area (Å²) in [6.45, 7) is 17.2. The molecule has 0 spiro atoms. The van der Waals surface area contributed by atoms with Gasteiger partial charge in [0.25, 0.3) is 0 Å². The predicted molar refractivity (Wildman–Crippen MR) is 245 cm³/mol. The summed E-state index contributed by atoms with van der Waals surface area (Å²) in [5, 5.41) is 0. The third-order valence-corrected chi connectivity index (χ3v) is 9.97. The van der Waals surface area contributed by atoms with Gasteiger partial charge in [-0.3, -0.25) is 28.8 Å². The average molecular weight is 882 g/mol. The number of hydrogen-bond donors (Lipinski definition) is 0. The molecule has 10 heteroatoms. The molecule has 338 valence electrons. The van der Waals surface area contributed by atoms with Gasteiger partial charge in [-0.1, -0.05) is 171 Å². The molecule has 3 aromatic carbocycles. The molecular formula is C51H75FeN3O6. The SMILES string of the molecule is CCCCN(CCCC)C(=O)CC(=O)c1ccccc1.CCCCN(CCCC)C(=O)CC(=O)c1ccccc1.CCCCN(CCCC)C(=O)CC(=O)c1ccccc1.[Fe]. The van der Waals surface area contributed by atoms with Crippen LogP contribution in [0.3, 0.4) is 0 Å². The number of amides is 3. The largest absolute Gasteiger partial charge is 0.342 e. The van der Waals surface area contributed by atoms with Crippen molar-refractivity contribution in [1.82, 2.24) is 14.7 Å². The molecule has 0 heterocycles. The topological polar surface area (TPSA) is 112 Å². The van der Waals surface area contributed by atoms with E-state index in [-0.39, 0.29) is 71.4 Å². The summed E-state index contributed by atoms with van der Waals surface area (Å²) in [6, 6.07) is 27.1. The van der Waals surface area contributed by atoms with Crippen LogP contribution < -0.4 is 0 Å². The average Bonchev–Trinajstić information content (AvgIpc) is 3.27. The van der Waals surface area contributed by atoms with Crippen LogP contribution in [0, 0.1) is 0 Å². The van der Waals surface area contributed by atoms with Gasteiger partial charge in [0.1, 0.15) is 0 Å². The van der Waals surface area contributed by atoms with Crippen LogP contribution in [-0.4, -0.2) is 89.0 Å². The van der Waals surface area contributed by atoms with Crippen LogP contribution in [0.15, 0.2) is 91.0 Å². The molecule has 0 atom stereocenters. The van der Waals surface area contributed by atoms with Gasteiger partial charge in [-0.15, -0.1) is 0 Å². The number of unbranched alkanes of at least 4 members (excludes halogenated alkanes) is 6. The third-order valence-electron chi connectivity index (χ3n) is 9.97. The van der Waals surface area contributed by atoms with Crippen molar-refractivity contribution in [1.29, 1.82) is 0 Å². The van der Waals surface area contributed by atoms with E-state index in [9.17, 15) is 28.8 Å². The fourth-order valence-electron chi connectivity index (χ4n) is 6.10.